The Bertz CT molecular complexity index is 520. The van der Waals surface area contributed by atoms with Crippen molar-refractivity contribution in [3.8, 4) is 5.75 Å². The Balaban J connectivity index is 1.73. The van der Waals surface area contributed by atoms with Crippen LogP contribution in [0.2, 0.25) is 10.0 Å². The monoisotopic (exact) mass is 346 g/mol. The van der Waals surface area contributed by atoms with Gasteiger partial charge in [0.25, 0.3) is 0 Å². The van der Waals surface area contributed by atoms with E-state index in [1.165, 1.54) is 0 Å². The van der Waals surface area contributed by atoms with E-state index in [0.29, 0.717) is 22.3 Å². The van der Waals surface area contributed by atoms with Crippen LogP contribution in [0.25, 0.3) is 0 Å². The zero-order chi connectivity index (χ0) is 16.1. The number of rotatable bonds is 6. The molecule has 5 nitrogen and oxygen atoms in total. The molecule has 0 saturated carbocycles. The number of hydrogen-bond acceptors (Lipinski definition) is 4. The Morgan fingerprint density at radius 3 is 2.64 bits per heavy atom. The summed E-state index contributed by atoms with van der Waals surface area (Å²) < 4.78 is 5.51. The fourth-order valence-electron chi connectivity index (χ4n) is 2.51. The minimum absolute atomic E-state index is 0.0409. The van der Waals surface area contributed by atoms with Gasteiger partial charge in [-0.2, -0.15) is 0 Å². The smallest absolute Gasteiger partial charge is 0.220 e. The third-order valence-electron chi connectivity index (χ3n) is 3.79. The Morgan fingerprint density at radius 1 is 1.36 bits per heavy atom. The van der Waals surface area contributed by atoms with Gasteiger partial charge in [-0.05, 0) is 38.1 Å². The van der Waals surface area contributed by atoms with Crippen molar-refractivity contribution >= 4 is 29.1 Å². The normalized spacial score (nSPS) is 18.1. The average Bonchev–Trinajstić information content (AvgIpc) is 2.49. The first-order chi connectivity index (χ1) is 10.5. The van der Waals surface area contributed by atoms with Gasteiger partial charge in [0.2, 0.25) is 5.91 Å². The van der Waals surface area contributed by atoms with Crippen LogP contribution in [0.4, 0.5) is 0 Å². The maximum absolute atomic E-state index is 11.1. The third-order valence-corrected chi connectivity index (χ3v) is 4.53. The highest BCUT2D eigenvalue weighted by atomic mass is 35.5. The number of piperidine rings is 1. The molecule has 1 aliphatic heterocycles. The molecule has 1 atom stereocenters. The van der Waals surface area contributed by atoms with Crippen molar-refractivity contribution in [2.24, 2.45) is 11.7 Å². The van der Waals surface area contributed by atoms with Gasteiger partial charge in [0.1, 0.15) is 18.5 Å². The maximum Gasteiger partial charge on any atom is 0.220 e. The van der Waals surface area contributed by atoms with Gasteiger partial charge in [0, 0.05) is 18.5 Å². The molecule has 1 saturated heterocycles. The Kier molecular flexibility index (Phi) is 6.32. The number of carbonyl (C=O) groups is 1. The van der Waals surface area contributed by atoms with Gasteiger partial charge in [-0.25, -0.2) is 0 Å². The van der Waals surface area contributed by atoms with Crippen molar-refractivity contribution in [2.45, 2.75) is 18.9 Å². The largest absolute Gasteiger partial charge is 0.491 e. The van der Waals surface area contributed by atoms with Crippen molar-refractivity contribution in [3.63, 3.8) is 0 Å². The standard InChI is InChI=1S/C15H20Cl2N2O3/c16-13-2-1-12(7-14(13)17)22-9-11(20)8-19-5-3-10(4-6-19)15(18)21/h1-2,7,10-11,20H,3-6,8-9H2,(H2,18,21)/t11-/m0/s1. The summed E-state index contributed by atoms with van der Waals surface area (Å²) in [5.41, 5.74) is 5.30. The first-order valence-corrected chi connectivity index (χ1v) is 7.99. The molecular formula is C15H20Cl2N2O3. The number of benzene rings is 1. The summed E-state index contributed by atoms with van der Waals surface area (Å²) in [6.07, 6.45) is 0.880. The second kappa shape index (κ2) is 8.02. The highest BCUT2D eigenvalue weighted by molar-refractivity contribution is 6.42. The van der Waals surface area contributed by atoms with E-state index < -0.39 is 6.10 Å². The number of amides is 1. The molecule has 122 valence electrons. The number of nitrogens with zero attached hydrogens (tertiary/aromatic N) is 1. The fourth-order valence-corrected chi connectivity index (χ4v) is 2.80. The molecule has 1 amide bonds. The molecule has 1 aromatic carbocycles. The molecule has 22 heavy (non-hydrogen) atoms. The van der Waals surface area contributed by atoms with Crippen molar-refractivity contribution < 1.29 is 14.6 Å². The summed E-state index contributed by atoms with van der Waals surface area (Å²) in [6, 6.07) is 4.98. The summed E-state index contributed by atoms with van der Waals surface area (Å²) in [6.45, 7) is 2.20. The minimum Gasteiger partial charge on any atom is -0.491 e. The molecular weight excluding hydrogens is 327 g/mol. The van der Waals surface area contributed by atoms with Crippen LogP contribution in [0.3, 0.4) is 0 Å². The van der Waals surface area contributed by atoms with Gasteiger partial charge >= 0.3 is 0 Å². The topological polar surface area (TPSA) is 75.8 Å². The molecule has 1 heterocycles. The lowest BCUT2D eigenvalue weighted by molar-refractivity contribution is -0.123. The molecule has 0 aromatic heterocycles. The zero-order valence-corrected chi connectivity index (χ0v) is 13.7. The number of β-amino-alcohol motifs (C(OH)–C–C–N with tert-alkyl or cyclic N) is 1. The number of carbonyl (C=O) groups excluding carboxylic acids is 1. The van der Waals surface area contributed by atoms with Crippen LogP contribution in [0, 0.1) is 5.92 Å². The number of ether oxygens (including phenoxy) is 1. The highest BCUT2D eigenvalue weighted by Crippen LogP contribution is 2.26. The van der Waals surface area contributed by atoms with Gasteiger partial charge < -0.3 is 20.5 Å². The SMILES string of the molecule is NC(=O)C1CCN(C[C@H](O)COc2ccc(Cl)c(Cl)c2)CC1. The average molecular weight is 347 g/mol. The van der Waals surface area contributed by atoms with Crippen LogP contribution < -0.4 is 10.5 Å². The lowest BCUT2D eigenvalue weighted by atomic mass is 9.96. The highest BCUT2D eigenvalue weighted by Gasteiger charge is 2.24. The second-order valence-corrected chi connectivity index (χ2v) is 6.33. The maximum atomic E-state index is 11.1. The molecule has 0 bridgehead atoms. The quantitative estimate of drug-likeness (QED) is 0.825. The fraction of sp³-hybridized carbons (Fsp3) is 0.533. The number of halogens is 2. The predicted octanol–water partition coefficient (Wildman–Crippen LogP) is 1.93. The van der Waals surface area contributed by atoms with Crippen LogP contribution >= 0.6 is 23.2 Å². The Morgan fingerprint density at radius 2 is 2.05 bits per heavy atom. The minimum atomic E-state index is -0.611. The summed E-state index contributed by atoms with van der Waals surface area (Å²) in [4.78, 5) is 13.2. The second-order valence-electron chi connectivity index (χ2n) is 5.52. The molecule has 7 heteroatoms. The molecule has 0 radical (unpaired) electrons. The van der Waals surface area contributed by atoms with Crippen LogP contribution in [0.1, 0.15) is 12.8 Å². The molecule has 0 unspecified atom stereocenters. The van der Waals surface area contributed by atoms with Crippen molar-refractivity contribution in [3.05, 3.63) is 28.2 Å². The van der Waals surface area contributed by atoms with Crippen LogP contribution in [0.5, 0.6) is 5.75 Å². The van der Waals surface area contributed by atoms with E-state index in [2.05, 4.69) is 4.90 Å². The number of hydrogen-bond donors (Lipinski definition) is 2. The Hall–Kier alpha value is -1.01. The van der Waals surface area contributed by atoms with Crippen LogP contribution in [0.15, 0.2) is 18.2 Å². The number of likely N-dealkylation sites (tertiary alicyclic amines) is 1. The molecule has 1 aromatic rings. The van der Waals surface area contributed by atoms with E-state index in [1.54, 1.807) is 18.2 Å². The van der Waals surface area contributed by atoms with Gasteiger partial charge in [-0.15, -0.1) is 0 Å². The van der Waals surface area contributed by atoms with E-state index in [4.69, 9.17) is 33.7 Å². The molecule has 1 fully saturated rings. The molecule has 2 rings (SSSR count). The van der Waals surface area contributed by atoms with Crippen molar-refractivity contribution in [1.29, 1.82) is 0 Å². The summed E-state index contributed by atoms with van der Waals surface area (Å²) >= 11 is 11.7. The summed E-state index contributed by atoms with van der Waals surface area (Å²) in [7, 11) is 0. The van der Waals surface area contributed by atoms with Gasteiger partial charge in [0.05, 0.1) is 10.0 Å². The summed E-state index contributed by atoms with van der Waals surface area (Å²) in [5, 5.41) is 10.9. The number of aliphatic hydroxyl groups is 1. The van der Waals surface area contributed by atoms with Crippen molar-refractivity contribution in [2.75, 3.05) is 26.2 Å². The summed E-state index contributed by atoms with van der Waals surface area (Å²) in [5.74, 6) is 0.296. The third kappa shape index (κ3) is 5.02. The van der Waals surface area contributed by atoms with Gasteiger partial charge in [0.15, 0.2) is 0 Å². The van der Waals surface area contributed by atoms with E-state index >= 15 is 0 Å². The van der Waals surface area contributed by atoms with Gasteiger partial charge in [-0.1, -0.05) is 23.2 Å². The first-order valence-electron chi connectivity index (χ1n) is 7.23. The van der Waals surface area contributed by atoms with Gasteiger partial charge in [-0.3, -0.25) is 4.79 Å². The molecule has 1 aliphatic rings. The number of primary amides is 1. The Labute approximate surface area is 139 Å². The van der Waals surface area contributed by atoms with E-state index in [0.717, 1.165) is 25.9 Å². The lowest BCUT2D eigenvalue weighted by Gasteiger charge is -2.31. The molecule has 0 spiro atoms. The molecule has 3 N–H and O–H groups in total. The zero-order valence-electron chi connectivity index (χ0n) is 12.2. The van der Waals surface area contributed by atoms with Crippen molar-refractivity contribution in [1.82, 2.24) is 4.90 Å². The predicted molar refractivity (Wildman–Crippen MR) is 86.3 cm³/mol. The van der Waals surface area contributed by atoms with E-state index in [9.17, 15) is 9.90 Å². The van der Waals surface area contributed by atoms with E-state index in [1.807, 2.05) is 0 Å². The lowest BCUT2D eigenvalue weighted by Crippen LogP contribution is -2.43. The number of nitrogens with two attached hydrogens (primary N) is 1. The molecule has 0 aliphatic carbocycles. The van der Waals surface area contributed by atoms with Crippen LogP contribution in [-0.2, 0) is 4.79 Å². The first kappa shape index (κ1) is 17.3. The van der Waals surface area contributed by atoms with E-state index in [-0.39, 0.29) is 18.4 Å². The number of aliphatic hydroxyl groups excluding tert-OH is 1. The van der Waals surface area contributed by atoms with Crippen LogP contribution in [-0.4, -0.2) is 48.3 Å².